The Labute approximate surface area is 119 Å². The number of rotatable bonds is 4. The molecule has 0 unspecified atom stereocenters. The van der Waals surface area contributed by atoms with Gasteiger partial charge in [-0.2, -0.15) is 0 Å². The van der Waals surface area contributed by atoms with Crippen LogP contribution in [0, 0.1) is 13.8 Å². The summed E-state index contributed by atoms with van der Waals surface area (Å²) in [7, 11) is 0. The molecule has 1 aliphatic heterocycles. The summed E-state index contributed by atoms with van der Waals surface area (Å²) in [5.41, 5.74) is 4.26. The van der Waals surface area contributed by atoms with Gasteiger partial charge < -0.3 is 4.90 Å². The molecule has 1 saturated heterocycles. The third kappa shape index (κ3) is 3.27. The average molecular weight is 311 g/mol. The quantitative estimate of drug-likeness (QED) is 0.788. The van der Waals surface area contributed by atoms with Crippen LogP contribution in [0.15, 0.2) is 18.2 Å². The number of alkyl halides is 1. The molecule has 0 amide bonds. The summed E-state index contributed by atoms with van der Waals surface area (Å²) in [5, 5.41) is 1.12. The lowest BCUT2D eigenvalue weighted by molar-refractivity contribution is 0.259. The first-order chi connectivity index (χ1) is 8.72. The van der Waals surface area contributed by atoms with Crippen molar-refractivity contribution in [1.82, 2.24) is 4.90 Å². The summed E-state index contributed by atoms with van der Waals surface area (Å²) >= 11 is 3.51. The van der Waals surface area contributed by atoms with Crippen LogP contribution in [0.2, 0.25) is 0 Å². The van der Waals surface area contributed by atoms with E-state index in [0.29, 0.717) is 0 Å². The van der Waals surface area contributed by atoms with Gasteiger partial charge in [0.25, 0.3) is 0 Å². The Kier molecular flexibility index (Phi) is 5.07. The molecule has 18 heavy (non-hydrogen) atoms. The molecule has 0 bridgehead atoms. The maximum atomic E-state index is 3.51. The van der Waals surface area contributed by atoms with E-state index in [2.05, 4.69) is 57.8 Å². The maximum absolute atomic E-state index is 3.51. The van der Waals surface area contributed by atoms with E-state index in [-0.39, 0.29) is 0 Å². The van der Waals surface area contributed by atoms with Crippen LogP contribution >= 0.6 is 15.9 Å². The summed E-state index contributed by atoms with van der Waals surface area (Å²) in [4.78, 5) is 5.11. The Hall–Kier alpha value is -0.540. The average Bonchev–Trinajstić information content (AvgIpc) is 2.40. The minimum atomic E-state index is 1.12. The van der Waals surface area contributed by atoms with Crippen LogP contribution in [-0.2, 0) is 0 Å². The van der Waals surface area contributed by atoms with Gasteiger partial charge in [0, 0.05) is 37.2 Å². The van der Waals surface area contributed by atoms with Crippen LogP contribution < -0.4 is 4.90 Å². The molecule has 1 heterocycles. The second kappa shape index (κ2) is 6.58. The van der Waals surface area contributed by atoms with Crippen molar-refractivity contribution in [2.45, 2.75) is 20.3 Å². The fourth-order valence-electron chi connectivity index (χ4n) is 2.57. The Morgan fingerprint density at radius 1 is 1.11 bits per heavy atom. The first-order valence-corrected chi connectivity index (χ1v) is 7.94. The van der Waals surface area contributed by atoms with E-state index >= 15 is 0 Å². The lowest BCUT2D eigenvalue weighted by Gasteiger charge is -2.37. The summed E-state index contributed by atoms with van der Waals surface area (Å²) in [5.74, 6) is 0. The fourth-order valence-corrected chi connectivity index (χ4v) is 2.82. The molecule has 0 aromatic heterocycles. The zero-order chi connectivity index (χ0) is 13.0. The van der Waals surface area contributed by atoms with Gasteiger partial charge in [-0.15, -0.1) is 0 Å². The first kappa shape index (κ1) is 13.9. The molecule has 1 aromatic rings. The monoisotopic (exact) mass is 310 g/mol. The predicted octanol–water partition coefficient (Wildman–Crippen LogP) is 3.21. The molecule has 1 fully saturated rings. The van der Waals surface area contributed by atoms with Gasteiger partial charge in [-0.3, -0.25) is 4.90 Å². The highest BCUT2D eigenvalue weighted by molar-refractivity contribution is 9.09. The molecule has 2 nitrogen and oxygen atoms in total. The van der Waals surface area contributed by atoms with Crippen LogP contribution in [0.5, 0.6) is 0 Å². The van der Waals surface area contributed by atoms with Gasteiger partial charge in [0.2, 0.25) is 0 Å². The number of hydrogen-bond donors (Lipinski definition) is 0. The Morgan fingerprint density at radius 2 is 1.83 bits per heavy atom. The van der Waals surface area contributed by atoms with E-state index in [4.69, 9.17) is 0 Å². The molecule has 1 aliphatic rings. The van der Waals surface area contributed by atoms with Crippen molar-refractivity contribution >= 4 is 21.6 Å². The molecule has 3 heteroatoms. The van der Waals surface area contributed by atoms with Gasteiger partial charge >= 0.3 is 0 Å². The van der Waals surface area contributed by atoms with Crippen LogP contribution in [0.4, 0.5) is 5.69 Å². The summed E-state index contributed by atoms with van der Waals surface area (Å²) in [6.07, 6.45) is 1.25. The molecular formula is C15H23BrN2. The van der Waals surface area contributed by atoms with Crippen molar-refractivity contribution in [1.29, 1.82) is 0 Å². The minimum Gasteiger partial charge on any atom is -0.369 e. The van der Waals surface area contributed by atoms with Crippen molar-refractivity contribution in [3.63, 3.8) is 0 Å². The fraction of sp³-hybridized carbons (Fsp3) is 0.600. The molecule has 0 N–H and O–H groups in total. The summed E-state index contributed by atoms with van der Waals surface area (Å²) < 4.78 is 0. The molecule has 100 valence electrons. The number of hydrogen-bond acceptors (Lipinski definition) is 2. The van der Waals surface area contributed by atoms with E-state index in [1.54, 1.807) is 0 Å². The van der Waals surface area contributed by atoms with Crippen LogP contribution in [-0.4, -0.2) is 43.0 Å². The van der Waals surface area contributed by atoms with E-state index < -0.39 is 0 Å². The van der Waals surface area contributed by atoms with Crippen molar-refractivity contribution in [2.75, 3.05) is 43.0 Å². The topological polar surface area (TPSA) is 6.48 Å². The standard InChI is InChI=1S/C15H23BrN2/c1-13-5-3-6-15(14(13)2)18-11-9-17(10-12-18)8-4-7-16/h3,5-6H,4,7-12H2,1-2H3. The second-order valence-corrected chi connectivity index (χ2v) is 5.88. The first-order valence-electron chi connectivity index (χ1n) is 6.82. The largest absolute Gasteiger partial charge is 0.369 e. The van der Waals surface area contributed by atoms with Crippen molar-refractivity contribution in [3.05, 3.63) is 29.3 Å². The zero-order valence-electron chi connectivity index (χ0n) is 11.5. The van der Waals surface area contributed by atoms with Gasteiger partial charge in [-0.05, 0) is 44.0 Å². The number of aryl methyl sites for hydroxylation is 1. The third-order valence-electron chi connectivity index (χ3n) is 3.90. The van der Waals surface area contributed by atoms with Crippen molar-refractivity contribution < 1.29 is 0 Å². The van der Waals surface area contributed by atoms with Crippen molar-refractivity contribution in [3.8, 4) is 0 Å². The van der Waals surface area contributed by atoms with Crippen LogP contribution in [0.3, 0.4) is 0 Å². The normalized spacial score (nSPS) is 17.2. The number of anilines is 1. The summed E-state index contributed by atoms with van der Waals surface area (Å²) in [6, 6.07) is 6.64. The van der Waals surface area contributed by atoms with Gasteiger partial charge in [0.15, 0.2) is 0 Å². The maximum Gasteiger partial charge on any atom is 0.0399 e. The highest BCUT2D eigenvalue weighted by Crippen LogP contribution is 2.23. The lowest BCUT2D eigenvalue weighted by Crippen LogP contribution is -2.46. The highest BCUT2D eigenvalue weighted by Gasteiger charge is 2.18. The Morgan fingerprint density at radius 3 is 2.50 bits per heavy atom. The Balaban J connectivity index is 1.95. The van der Waals surface area contributed by atoms with Gasteiger partial charge in [0.05, 0.1) is 0 Å². The molecule has 1 aromatic carbocycles. The molecule has 0 saturated carbocycles. The van der Waals surface area contributed by atoms with E-state index in [1.807, 2.05) is 0 Å². The van der Waals surface area contributed by atoms with E-state index in [0.717, 1.165) is 18.4 Å². The van der Waals surface area contributed by atoms with Gasteiger partial charge in [-0.1, -0.05) is 28.1 Å². The highest BCUT2D eigenvalue weighted by atomic mass is 79.9. The Bertz CT molecular complexity index is 384. The van der Waals surface area contributed by atoms with E-state index in [1.165, 1.54) is 42.9 Å². The second-order valence-electron chi connectivity index (χ2n) is 5.09. The third-order valence-corrected chi connectivity index (χ3v) is 4.46. The molecule has 0 radical (unpaired) electrons. The van der Waals surface area contributed by atoms with Crippen LogP contribution in [0.25, 0.3) is 0 Å². The predicted molar refractivity (Wildman–Crippen MR) is 83.0 cm³/mol. The molecular weight excluding hydrogens is 288 g/mol. The zero-order valence-corrected chi connectivity index (χ0v) is 13.0. The van der Waals surface area contributed by atoms with Crippen molar-refractivity contribution in [2.24, 2.45) is 0 Å². The minimum absolute atomic E-state index is 1.12. The molecule has 0 aliphatic carbocycles. The summed E-state index contributed by atoms with van der Waals surface area (Å²) in [6.45, 7) is 10.4. The van der Waals surface area contributed by atoms with Crippen LogP contribution in [0.1, 0.15) is 17.5 Å². The van der Waals surface area contributed by atoms with Gasteiger partial charge in [-0.25, -0.2) is 0 Å². The van der Waals surface area contributed by atoms with E-state index in [9.17, 15) is 0 Å². The number of benzene rings is 1. The number of nitrogens with zero attached hydrogens (tertiary/aromatic N) is 2. The molecule has 0 spiro atoms. The smallest absolute Gasteiger partial charge is 0.0399 e. The van der Waals surface area contributed by atoms with Gasteiger partial charge in [0.1, 0.15) is 0 Å². The molecule has 0 atom stereocenters. The number of piperazine rings is 1. The SMILES string of the molecule is Cc1cccc(N2CCN(CCCBr)CC2)c1C. The molecule has 2 rings (SSSR count). The lowest BCUT2D eigenvalue weighted by atomic mass is 10.1. The number of halogens is 1.